The van der Waals surface area contributed by atoms with Gasteiger partial charge in [-0.05, 0) is 65.2 Å². The van der Waals surface area contributed by atoms with Crippen molar-refractivity contribution in [2.24, 2.45) is 16.8 Å². The van der Waals surface area contributed by atoms with Gasteiger partial charge in [-0.25, -0.2) is 14.8 Å². The van der Waals surface area contributed by atoms with E-state index in [2.05, 4.69) is 21.5 Å². The van der Waals surface area contributed by atoms with Crippen LogP contribution in [-0.2, 0) is 4.79 Å². The van der Waals surface area contributed by atoms with Crippen LogP contribution in [0.25, 0.3) is 0 Å². The Morgan fingerprint density at radius 2 is 1.83 bits per heavy atom. The summed E-state index contributed by atoms with van der Waals surface area (Å²) in [5.74, 6) is 0.383. The minimum Gasteiger partial charge on any atom is -0.351 e. The van der Waals surface area contributed by atoms with Gasteiger partial charge >= 0.3 is 0 Å². The molecule has 3 rings (SSSR count). The molecule has 2 aliphatic carbocycles. The predicted molar refractivity (Wildman–Crippen MR) is 120 cm³/mol. The summed E-state index contributed by atoms with van der Waals surface area (Å²) in [7, 11) is 0. The second-order valence-electron chi connectivity index (χ2n) is 10.1. The van der Waals surface area contributed by atoms with Crippen LogP contribution in [0.15, 0.2) is 4.99 Å². The number of guanidine groups is 1. The number of halogens is 3. The van der Waals surface area contributed by atoms with E-state index in [-0.39, 0.29) is 35.3 Å². The number of carbonyl (C=O) groups excluding carboxylic acids is 1. The van der Waals surface area contributed by atoms with E-state index in [0.29, 0.717) is 30.8 Å². The first-order valence-corrected chi connectivity index (χ1v) is 12.1. The molecule has 1 heterocycles. The molecule has 0 aromatic carbocycles. The summed E-state index contributed by atoms with van der Waals surface area (Å²) in [6.45, 7) is 6.03. The second kappa shape index (κ2) is 10.3. The van der Waals surface area contributed by atoms with Crippen LogP contribution in [0.4, 0.5) is 4.39 Å². The Bertz CT molecular complexity index is 629. The Morgan fingerprint density at radius 1 is 1.07 bits per heavy atom. The van der Waals surface area contributed by atoms with Crippen molar-refractivity contribution >= 4 is 35.1 Å². The van der Waals surface area contributed by atoms with Gasteiger partial charge in [-0.15, -0.1) is 23.2 Å². The van der Waals surface area contributed by atoms with E-state index in [1.54, 1.807) is 0 Å². The lowest BCUT2D eigenvalue weighted by Crippen LogP contribution is -2.52. The van der Waals surface area contributed by atoms with Gasteiger partial charge in [0.2, 0.25) is 5.91 Å². The van der Waals surface area contributed by atoms with Crippen LogP contribution < -0.4 is 21.5 Å². The maximum absolute atomic E-state index is 14.0. The molecule has 1 saturated heterocycles. The van der Waals surface area contributed by atoms with Gasteiger partial charge in [0.15, 0.2) is 5.96 Å². The average Bonchev–Trinajstić information content (AvgIpc) is 3.11. The van der Waals surface area contributed by atoms with Crippen LogP contribution in [0, 0.1) is 11.8 Å². The van der Waals surface area contributed by atoms with Crippen LogP contribution in [0.3, 0.4) is 0 Å². The number of rotatable bonds is 3. The second-order valence-corrected chi connectivity index (χ2v) is 11.2. The first-order valence-electron chi connectivity index (χ1n) is 11.2. The molecule has 0 radical (unpaired) electrons. The van der Waals surface area contributed by atoms with Crippen LogP contribution in [0.2, 0.25) is 0 Å². The molecule has 7 unspecified atom stereocenters. The fraction of sp³-hybridized carbons (Fsp3) is 0.905. The molecule has 172 valence electrons. The Morgan fingerprint density at radius 3 is 2.50 bits per heavy atom. The molecule has 0 bridgehead atoms. The van der Waals surface area contributed by atoms with E-state index in [9.17, 15) is 9.18 Å². The van der Waals surface area contributed by atoms with Crippen LogP contribution in [0.5, 0.6) is 0 Å². The summed E-state index contributed by atoms with van der Waals surface area (Å²) in [6.07, 6.45) is 5.27. The van der Waals surface area contributed by atoms with Crippen molar-refractivity contribution in [3.63, 3.8) is 0 Å². The fourth-order valence-corrected chi connectivity index (χ4v) is 5.24. The quantitative estimate of drug-likeness (QED) is 0.293. The van der Waals surface area contributed by atoms with E-state index in [1.807, 2.05) is 20.8 Å². The monoisotopic (exact) mass is 463 g/mol. The number of amides is 1. The van der Waals surface area contributed by atoms with Crippen molar-refractivity contribution in [3.8, 4) is 0 Å². The fourth-order valence-electron chi connectivity index (χ4n) is 4.63. The summed E-state index contributed by atoms with van der Waals surface area (Å²) in [5, 5.41) is 5.96. The van der Waals surface area contributed by atoms with E-state index in [1.165, 1.54) is 6.42 Å². The molecule has 0 spiro atoms. The lowest BCUT2D eigenvalue weighted by molar-refractivity contribution is -0.125. The van der Waals surface area contributed by atoms with Crippen molar-refractivity contribution in [2.45, 2.75) is 107 Å². The average molecular weight is 464 g/mol. The van der Waals surface area contributed by atoms with Gasteiger partial charge < -0.3 is 5.32 Å². The third kappa shape index (κ3) is 6.94. The van der Waals surface area contributed by atoms with Crippen molar-refractivity contribution < 1.29 is 9.18 Å². The van der Waals surface area contributed by atoms with Gasteiger partial charge in [0.05, 0.1) is 5.38 Å². The Kier molecular flexibility index (Phi) is 8.27. The first kappa shape index (κ1) is 24.0. The topological polar surface area (TPSA) is 77.6 Å². The van der Waals surface area contributed by atoms with Gasteiger partial charge in [-0.3, -0.25) is 15.5 Å². The summed E-state index contributed by atoms with van der Waals surface area (Å²) >= 11 is 12.3. The molecule has 9 heteroatoms. The summed E-state index contributed by atoms with van der Waals surface area (Å²) in [4.78, 5) is 17.5. The van der Waals surface area contributed by atoms with Crippen molar-refractivity contribution in [2.75, 3.05) is 0 Å². The highest BCUT2D eigenvalue weighted by Crippen LogP contribution is 2.33. The molecule has 1 aliphatic heterocycles. The van der Waals surface area contributed by atoms with E-state index >= 15 is 0 Å². The maximum atomic E-state index is 14.0. The Hall–Kier alpha value is -0.630. The summed E-state index contributed by atoms with van der Waals surface area (Å²) in [5.41, 5.74) is 6.35. The largest absolute Gasteiger partial charge is 0.351 e. The molecule has 0 aromatic rings. The van der Waals surface area contributed by atoms with Crippen LogP contribution >= 0.6 is 23.2 Å². The Balaban J connectivity index is 1.62. The minimum atomic E-state index is -1.14. The predicted octanol–water partition coefficient (Wildman–Crippen LogP) is 3.58. The lowest BCUT2D eigenvalue weighted by Gasteiger charge is -2.30. The van der Waals surface area contributed by atoms with Crippen molar-refractivity contribution in [3.05, 3.63) is 0 Å². The van der Waals surface area contributed by atoms with Crippen LogP contribution in [-0.4, -0.2) is 46.5 Å². The zero-order valence-corrected chi connectivity index (χ0v) is 19.7. The first-order chi connectivity index (χ1) is 14.1. The minimum absolute atomic E-state index is 0.150. The highest BCUT2D eigenvalue weighted by atomic mass is 35.5. The van der Waals surface area contributed by atoms with Crippen LogP contribution in [0.1, 0.15) is 72.1 Å². The van der Waals surface area contributed by atoms with E-state index in [0.717, 1.165) is 25.7 Å². The zero-order chi connectivity index (χ0) is 21.9. The smallest absolute Gasteiger partial charge is 0.229 e. The molecule has 7 atom stereocenters. The van der Waals surface area contributed by atoms with E-state index < -0.39 is 11.5 Å². The molecule has 6 nitrogen and oxygen atoms in total. The third-order valence-electron chi connectivity index (χ3n) is 6.22. The van der Waals surface area contributed by atoms with E-state index in [4.69, 9.17) is 28.2 Å². The SMILES string of the molecule is CC(C)(C)N/C(=N\C1CC(C2CCCC(Cl)C2)NN1)NC(=O)C1CCC(Cl)C(F)C1. The number of carbonyl (C=O) groups is 1. The summed E-state index contributed by atoms with van der Waals surface area (Å²) < 4.78 is 14.0. The molecule has 1 amide bonds. The molecule has 3 fully saturated rings. The van der Waals surface area contributed by atoms with Crippen molar-refractivity contribution in [1.82, 2.24) is 21.5 Å². The summed E-state index contributed by atoms with van der Waals surface area (Å²) in [6, 6.07) is 0.318. The molecular weight excluding hydrogens is 428 g/mol. The molecule has 4 N–H and O–H groups in total. The van der Waals surface area contributed by atoms with Gasteiger partial charge in [0, 0.05) is 29.3 Å². The number of hydrogen-bond donors (Lipinski definition) is 4. The standard InChI is InChI=1S/C21H36Cl2FN5O/c1-21(2,3)27-20(26-19(30)13-7-8-15(23)16(24)10-13)25-18-11-17(28-29-18)12-5-4-6-14(22)9-12/h12-18,28-29H,4-11H2,1-3H3,(H2,25,26,27,30). The van der Waals surface area contributed by atoms with Crippen molar-refractivity contribution in [1.29, 1.82) is 0 Å². The number of nitrogens with zero attached hydrogens (tertiary/aromatic N) is 1. The number of hydrogen-bond acceptors (Lipinski definition) is 4. The van der Waals surface area contributed by atoms with Gasteiger partial charge in [0.1, 0.15) is 12.3 Å². The molecule has 30 heavy (non-hydrogen) atoms. The number of aliphatic imine (C=N–C) groups is 1. The Labute approximate surface area is 189 Å². The molecular formula is C21H36Cl2FN5O. The lowest BCUT2D eigenvalue weighted by atomic mass is 9.83. The molecule has 0 aromatic heterocycles. The van der Waals surface area contributed by atoms with Gasteiger partial charge in [-0.1, -0.05) is 6.42 Å². The number of nitrogens with one attached hydrogen (secondary N) is 4. The zero-order valence-electron chi connectivity index (χ0n) is 18.2. The number of alkyl halides is 3. The highest BCUT2D eigenvalue weighted by Gasteiger charge is 2.35. The highest BCUT2D eigenvalue weighted by molar-refractivity contribution is 6.21. The molecule has 2 saturated carbocycles. The normalized spacial score (nSPS) is 38.3. The van der Waals surface area contributed by atoms with Gasteiger partial charge in [0.25, 0.3) is 0 Å². The molecule has 3 aliphatic rings. The number of hydrazine groups is 1. The maximum Gasteiger partial charge on any atom is 0.229 e. The third-order valence-corrected chi connectivity index (χ3v) is 7.10. The van der Waals surface area contributed by atoms with Gasteiger partial charge in [-0.2, -0.15) is 0 Å².